The predicted octanol–water partition coefficient (Wildman–Crippen LogP) is 1.62. The zero-order valence-corrected chi connectivity index (χ0v) is 14.3. The van der Waals surface area contributed by atoms with Gasteiger partial charge in [0.15, 0.2) is 5.84 Å². The van der Waals surface area contributed by atoms with Gasteiger partial charge < -0.3 is 10.2 Å². The lowest BCUT2D eigenvalue weighted by Crippen LogP contribution is -2.40. The number of benzene rings is 1. The van der Waals surface area contributed by atoms with Crippen molar-refractivity contribution in [2.45, 2.75) is 30.6 Å². The zero-order valence-electron chi connectivity index (χ0n) is 13.5. The fraction of sp³-hybridized carbons (Fsp3) is 0.500. The summed E-state index contributed by atoms with van der Waals surface area (Å²) in [6.07, 6.45) is -0.970. The van der Waals surface area contributed by atoms with E-state index in [1.54, 1.807) is 24.3 Å². The van der Waals surface area contributed by atoms with Gasteiger partial charge in [-0.3, -0.25) is 4.79 Å². The number of carbonyl (C=O) groups is 1. The van der Waals surface area contributed by atoms with Crippen molar-refractivity contribution in [3.05, 3.63) is 29.8 Å². The Morgan fingerprint density at radius 3 is 2.64 bits per heavy atom. The normalized spacial score (nSPS) is 19.6. The fourth-order valence-electron chi connectivity index (χ4n) is 3.19. The number of amidine groups is 1. The van der Waals surface area contributed by atoms with E-state index in [1.807, 2.05) is 4.90 Å². The lowest BCUT2D eigenvalue weighted by Gasteiger charge is -2.33. The number of hydrogen-bond donors (Lipinski definition) is 1. The van der Waals surface area contributed by atoms with E-state index in [4.69, 9.17) is 0 Å². The van der Waals surface area contributed by atoms with E-state index in [9.17, 15) is 22.0 Å². The van der Waals surface area contributed by atoms with Crippen LogP contribution in [0.1, 0.15) is 24.8 Å². The molecule has 2 heterocycles. The van der Waals surface area contributed by atoms with Crippen molar-refractivity contribution in [3.63, 3.8) is 0 Å². The molecular formula is C16H19F2N3O3S. The molecule has 0 spiro atoms. The average molecular weight is 371 g/mol. The van der Waals surface area contributed by atoms with Crippen molar-refractivity contribution in [1.82, 2.24) is 10.2 Å². The summed E-state index contributed by atoms with van der Waals surface area (Å²) in [6.45, 7) is 0.536. The molecule has 1 fully saturated rings. The van der Waals surface area contributed by atoms with Crippen molar-refractivity contribution in [2.24, 2.45) is 10.3 Å². The minimum Gasteiger partial charge on any atom is -0.355 e. The minimum atomic E-state index is -3.64. The van der Waals surface area contributed by atoms with Gasteiger partial charge in [-0.2, -0.15) is 8.42 Å². The SMILES string of the molecule is O=C(CC1CCN(C2=NS(=O)(=O)c3ccccc32)CC1)NCC(F)F. The number of fused-ring (bicyclic) bond motifs is 1. The van der Waals surface area contributed by atoms with Crippen LogP contribution in [0, 0.1) is 5.92 Å². The maximum atomic E-state index is 12.1. The Labute approximate surface area is 145 Å². The van der Waals surface area contributed by atoms with E-state index >= 15 is 0 Å². The summed E-state index contributed by atoms with van der Waals surface area (Å²) in [7, 11) is -3.64. The van der Waals surface area contributed by atoms with E-state index in [-0.39, 0.29) is 23.1 Å². The second-order valence-corrected chi connectivity index (χ2v) is 7.79. The summed E-state index contributed by atoms with van der Waals surface area (Å²) >= 11 is 0. The lowest BCUT2D eigenvalue weighted by atomic mass is 9.92. The highest BCUT2D eigenvalue weighted by Gasteiger charge is 2.33. The molecule has 2 aliphatic heterocycles. The standard InChI is InChI=1S/C16H19F2N3O3S/c17-14(18)10-19-15(22)9-11-5-7-21(8-6-11)16-12-3-1-2-4-13(12)25(23,24)20-16/h1-4,11,14H,5-10H2,(H,19,22). The van der Waals surface area contributed by atoms with Crippen LogP contribution in [0.3, 0.4) is 0 Å². The Balaban J connectivity index is 1.59. The Morgan fingerprint density at radius 2 is 1.96 bits per heavy atom. The van der Waals surface area contributed by atoms with E-state index in [0.29, 0.717) is 37.3 Å². The zero-order chi connectivity index (χ0) is 18.0. The van der Waals surface area contributed by atoms with Crippen LogP contribution >= 0.6 is 0 Å². The smallest absolute Gasteiger partial charge is 0.285 e. The molecule has 1 aromatic rings. The number of likely N-dealkylation sites (tertiary alicyclic amines) is 1. The van der Waals surface area contributed by atoms with Crippen molar-refractivity contribution >= 4 is 21.8 Å². The summed E-state index contributed by atoms with van der Waals surface area (Å²) in [5.74, 6) is 0.184. The summed E-state index contributed by atoms with van der Waals surface area (Å²) in [6, 6.07) is 6.72. The molecule has 6 nitrogen and oxygen atoms in total. The number of alkyl halides is 2. The van der Waals surface area contributed by atoms with Crippen LogP contribution < -0.4 is 5.32 Å². The van der Waals surface area contributed by atoms with E-state index in [1.165, 1.54) is 0 Å². The van der Waals surface area contributed by atoms with Crippen molar-refractivity contribution in [3.8, 4) is 0 Å². The molecule has 0 aliphatic carbocycles. The largest absolute Gasteiger partial charge is 0.355 e. The Kier molecular flexibility index (Phi) is 5.03. The van der Waals surface area contributed by atoms with Crippen molar-refractivity contribution in [1.29, 1.82) is 0 Å². The first-order valence-corrected chi connectivity index (χ1v) is 9.55. The molecule has 136 valence electrons. The van der Waals surface area contributed by atoms with E-state index < -0.39 is 23.0 Å². The molecule has 1 saturated heterocycles. The van der Waals surface area contributed by atoms with Crippen LogP contribution in [0.25, 0.3) is 0 Å². The molecule has 0 saturated carbocycles. The third-order valence-electron chi connectivity index (χ3n) is 4.45. The van der Waals surface area contributed by atoms with Gasteiger partial charge in [-0.25, -0.2) is 8.78 Å². The lowest BCUT2D eigenvalue weighted by molar-refractivity contribution is -0.122. The maximum Gasteiger partial charge on any atom is 0.285 e. The summed E-state index contributed by atoms with van der Waals surface area (Å²) < 4.78 is 52.3. The number of halogens is 2. The Bertz CT molecular complexity index is 788. The number of hydrogen-bond acceptors (Lipinski definition) is 4. The predicted molar refractivity (Wildman–Crippen MR) is 88.1 cm³/mol. The Hall–Kier alpha value is -2.03. The number of sulfonamides is 1. The molecule has 1 N–H and O–H groups in total. The molecular weight excluding hydrogens is 352 g/mol. The van der Waals surface area contributed by atoms with Crippen LogP contribution in [0.2, 0.25) is 0 Å². The molecule has 0 radical (unpaired) electrons. The second kappa shape index (κ2) is 7.07. The van der Waals surface area contributed by atoms with Gasteiger partial charge in [0, 0.05) is 25.1 Å². The molecule has 1 amide bonds. The number of piperidine rings is 1. The summed E-state index contributed by atoms with van der Waals surface area (Å²) in [4.78, 5) is 13.8. The Morgan fingerprint density at radius 1 is 1.28 bits per heavy atom. The molecule has 9 heteroatoms. The molecule has 0 atom stereocenters. The van der Waals surface area contributed by atoms with Crippen LogP contribution in [-0.4, -0.2) is 51.1 Å². The van der Waals surface area contributed by atoms with Gasteiger partial charge in [-0.15, -0.1) is 4.40 Å². The first kappa shape index (κ1) is 17.8. The van der Waals surface area contributed by atoms with Gasteiger partial charge in [-0.05, 0) is 30.9 Å². The minimum absolute atomic E-state index is 0.0998. The van der Waals surface area contributed by atoms with Gasteiger partial charge in [0.1, 0.15) is 4.90 Å². The summed E-state index contributed by atoms with van der Waals surface area (Å²) in [5.41, 5.74) is 0.607. The highest BCUT2D eigenvalue weighted by molar-refractivity contribution is 7.90. The first-order chi connectivity index (χ1) is 11.9. The second-order valence-electron chi connectivity index (χ2n) is 6.22. The quantitative estimate of drug-likeness (QED) is 0.872. The number of nitrogens with one attached hydrogen (secondary N) is 1. The topological polar surface area (TPSA) is 78.8 Å². The summed E-state index contributed by atoms with van der Waals surface area (Å²) in [5, 5.41) is 2.21. The van der Waals surface area contributed by atoms with Crippen LogP contribution in [-0.2, 0) is 14.8 Å². The average Bonchev–Trinajstić information content (AvgIpc) is 2.86. The molecule has 0 unspecified atom stereocenters. The van der Waals surface area contributed by atoms with Gasteiger partial charge in [0.2, 0.25) is 5.91 Å². The molecule has 0 aromatic heterocycles. The highest BCUT2D eigenvalue weighted by atomic mass is 32.2. The molecule has 3 rings (SSSR count). The maximum absolute atomic E-state index is 12.1. The molecule has 1 aromatic carbocycles. The number of amides is 1. The number of rotatable bonds is 4. The third-order valence-corrected chi connectivity index (χ3v) is 5.78. The van der Waals surface area contributed by atoms with Crippen molar-refractivity contribution in [2.75, 3.05) is 19.6 Å². The first-order valence-electron chi connectivity index (χ1n) is 8.11. The third kappa shape index (κ3) is 3.97. The van der Waals surface area contributed by atoms with Gasteiger partial charge in [0.25, 0.3) is 16.4 Å². The van der Waals surface area contributed by atoms with Crippen LogP contribution in [0.4, 0.5) is 8.78 Å². The van der Waals surface area contributed by atoms with Gasteiger partial charge >= 0.3 is 0 Å². The van der Waals surface area contributed by atoms with Crippen LogP contribution in [0.15, 0.2) is 33.6 Å². The van der Waals surface area contributed by atoms with E-state index in [2.05, 4.69) is 9.71 Å². The molecule has 0 bridgehead atoms. The van der Waals surface area contributed by atoms with Crippen molar-refractivity contribution < 1.29 is 22.0 Å². The number of carbonyl (C=O) groups excluding carboxylic acids is 1. The number of nitrogens with zero attached hydrogens (tertiary/aromatic N) is 2. The monoisotopic (exact) mass is 371 g/mol. The molecule has 25 heavy (non-hydrogen) atoms. The van der Waals surface area contributed by atoms with Gasteiger partial charge in [-0.1, -0.05) is 12.1 Å². The van der Waals surface area contributed by atoms with Crippen LogP contribution in [0.5, 0.6) is 0 Å². The highest BCUT2D eigenvalue weighted by Crippen LogP contribution is 2.30. The fourth-order valence-corrected chi connectivity index (χ4v) is 4.42. The van der Waals surface area contributed by atoms with E-state index in [0.717, 1.165) is 0 Å². The van der Waals surface area contributed by atoms with Gasteiger partial charge in [0.05, 0.1) is 6.54 Å². The molecule has 2 aliphatic rings.